The minimum absolute atomic E-state index is 0.0197. The zero-order valence-corrected chi connectivity index (χ0v) is 12.2. The van der Waals surface area contributed by atoms with Gasteiger partial charge in [0.15, 0.2) is 0 Å². The molecule has 114 valence electrons. The Morgan fingerprint density at radius 3 is 2.38 bits per heavy atom. The molecule has 2 atom stereocenters. The van der Waals surface area contributed by atoms with E-state index in [1.54, 1.807) is 0 Å². The van der Waals surface area contributed by atoms with Gasteiger partial charge in [-0.1, -0.05) is 12.8 Å². The Hall–Kier alpha value is -1.47. The quantitative estimate of drug-likeness (QED) is 0.892. The Bertz CT molecular complexity index is 677. The van der Waals surface area contributed by atoms with Gasteiger partial charge in [0.1, 0.15) is 5.82 Å². The van der Waals surface area contributed by atoms with Crippen molar-refractivity contribution in [2.45, 2.75) is 30.6 Å². The van der Waals surface area contributed by atoms with Crippen LogP contribution in [0, 0.1) is 23.6 Å². The lowest BCUT2D eigenvalue weighted by Crippen LogP contribution is -2.17. The van der Waals surface area contributed by atoms with E-state index in [4.69, 9.17) is 5.14 Å². The summed E-state index contributed by atoms with van der Waals surface area (Å²) in [5.41, 5.74) is 0.132. The number of amides is 1. The van der Waals surface area contributed by atoms with Crippen molar-refractivity contribution in [3.05, 3.63) is 24.0 Å². The molecule has 0 aromatic heterocycles. The molecule has 3 rings (SSSR count). The molecule has 0 saturated heterocycles. The van der Waals surface area contributed by atoms with Gasteiger partial charge in [0.2, 0.25) is 15.9 Å². The maximum atomic E-state index is 13.4. The summed E-state index contributed by atoms with van der Waals surface area (Å²) < 4.78 is 36.0. The topological polar surface area (TPSA) is 89.3 Å². The smallest absolute Gasteiger partial charge is 0.238 e. The zero-order chi connectivity index (χ0) is 15.2. The number of primary sulfonamides is 1. The average Bonchev–Trinajstić information content (AvgIpc) is 3.11. The Balaban J connectivity index is 1.76. The van der Waals surface area contributed by atoms with Crippen molar-refractivity contribution in [1.82, 2.24) is 0 Å². The van der Waals surface area contributed by atoms with Gasteiger partial charge < -0.3 is 5.32 Å². The molecule has 1 amide bonds. The van der Waals surface area contributed by atoms with E-state index in [0.717, 1.165) is 37.8 Å². The highest BCUT2D eigenvalue weighted by atomic mass is 32.2. The SMILES string of the molecule is NS(=O)(=O)c1cc(F)cc(NC(=O)C2C3CCCCC32)c1. The molecule has 2 fully saturated rings. The number of fused-ring (bicyclic) bond motifs is 1. The van der Waals surface area contributed by atoms with E-state index >= 15 is 0 Å². The van der Waals surface area contributed by atoms with Crippen LogP contribution in [0.2, 0.25) is 0 Å². The van der Waals surface area contributed by atoms with E-state index < -0.39 is 15.8 Å². The monoisotopic (exact) mass is 312 g/mol. The van der Waals surface area contributed by atoms with Gasteiger partial charge in [0.25, 0.3) is 0 Å². The van der Waals surface area contributed by atoms with Crippen molar-refractivity contribution in [2.24, 2.45) is 22.9 Å². The highest BCUT2D eigenvalue weighted by Crippen LogP contribution is 2.55. The standard InChI is InChI=1S/C14H17FN2O3S/c15-8-5-9(7-10(6-8)21(16,19)20)17-14(18)13-11-3-1-2-4-12(11)13/h5-7,11-13H,1-4H2,(H,17,18)(H2,16,19,20). The number of hydrogen-bond donors (Lipinski definition) is 2. The molecule has 2 aliphatic rings. The fourth-order valence-electron chi connectivity index (χ4n) is 3.41. The lowest BCUT2D eigenvalue weighted by molar-refractivity contribution is -0.117. The molecule has 1 aromatic carbocycles. The van der Waals surface area contributed by atoms with E-state index in [1.807, 2.05) is 0 Å². The molecule has 2 saturated carbocycles. The van der Waals surface area contributed by atoms with Gasteiger partial charge in [0.05, 0.1) is 4.90 Å². The summed E-state index contributed by atoms with van der Waals surface area (Å²) in [5.74, 6) is -0.0494. The number of benzene rings is 1. The number of nitrogens with two attached hydrogens (primary N) is 1. The molecule has 2 unspecified atom stereocenters. The first-order valence-corrected chi connectivity index (χ1v) is 8.55. The summed E-state index contributed by atoms with van der Waals surface area (Å²) in [6.07, 6.45) is 4.43. The molecule has 0 aliphatic heterocycles. The summed E-state index contributed by atoms with van der Waals surface area (Å²) >= 11 is 0. The first-order valence-electron chi connectivity index (χ1n) is 7.00. The molecule has 5 nitrogen and oxygen atoms in total. The fourth-order valence-corrected chi connectivity index (χ4v) is 3.97. The van der Waals surface area contributed by atoms with Crippen molar-refractivity contribution in [3.63, 3.8) is 0 Å². The lowest BCUT2D eigenvalue weighted by atomic mass is 10.0. The highest BCUT2D eigenvalue weighted by Gasteiger charge is 2.54. The van der Waals surface area contributed by atoms with E-state index in [0.29, 0.717) is 11.8 Å². The van der Waals surface area contributed by atoms with Crippen LogP contribution in [0.5, 0.6) is 0 Å². The highest BCUT2D eigenvalue weighted by molar-refractivity contribution is 7.89. The third-order valence-electron chi connectivity index (χ3n) is 4.43. The molecule has 0 spiro atoms. The van der Waals surface area contributed by atoms with Crippen LogP contribution in [0.15, 0.2) is 23.1 Å². The molecule has 7 heteroatoms. The van der Waals surface area contributed by atoms with Crippen molar-refractivity contribution in [1.29, 1.82) is 0 Å². The third-order valence-corrected chi connectivity index (χ3v) is 5.32. The van der Waals surface area contributed by atoms with Crippen molar-refractivity contribution in [2.75, 3.05) is 5.32 Å². The van der Waals surface area contributed by atoms with E-state index in [1.165, 1.54) is 6.07 Å². The molecular weight excluding hydrogens is 295 g/mol. The lowest BCUT2D eigenvalue weighted by Gasteiger charge is -2.07. The predicted octanol–water partition coefficient (Wildman–Crippen LogP) is 1.85. The second-order valence-corrected chi connectivity index (χ2v) is 7.41. The van der Waals surface area contributed by atoms with Crippen LogP contribution in [0.25, 0.3) is 0 Å². The average molecular weight is 312 g/mol. The largest absolute Gasteiger partial charge is 0.326 e. The van der Waals surface area contributed by atoms with Gasteiger partial charge in [-0.15, -0.1) is 0 Å². The summed E-state index contributed by atoms with van der Waals surface area (Å²) in [5, 5.41) is 7.60. The number of anilines is 1. The maximum absolute atomic E-state index is 13.4. The second kappa shape index (κ2) is 5.06. The van der Waals surface area contributed by atoms with Gasteiger partial charge in [-0.2, -0.15) is 0 Å². The zero-order valence-electron chi connectivity index (χ0n) is 11.4. The Morgan fingerprint density at radius 2 is 1.81 bits per heavy atom. The van der Waals surface area contributed by atoms with Crippen molar-refractivity contribution < 1.29 is 17.6 Å². The van der Waals surface area contributed by atoms with Gasteiger partial charge in [-0.3, -0.25) is 4.79 Å². The Kier molecular flexibility index (Phi) is 3.49. The van der Waals surface area contributed by atoms with Gasteiger partial charge in [-0.25, -0.2) is 17.9 Å². The molecule has 0 radical (unpaired) electrons. The minimum atomic E-state index is -4.00. The van der Waals surface area contributed by atoms with Crippen LogP contribution < -0.4 is 10.5 Å². The summed E-state index contributed by atoms with van der Waals surface area (Å²) in [6, 6.07) is 3.11. The summed E-state index contributed by atoms with van der Waals surface area (Å²) in [4.78, 5) is 11.9. The first kappa shape index (κ1) is 14.5. The maximum Gasteiger partial charge on any atom is 0.238 e. The molecular formula is C14H17FN2O3S. The number of hydrogen-bond acceptors (Lipinski definition) is 3. The van der Waals surface area contributed by atoms with E-state index in [-0.39, 0.29) is 22.4 Å². The predicted molar refractivity (Wildman–Crippen MR) is 75.3 cm³/mol. The fraction of sp³-hybridized carbons (Fsp3) is 0.500. The van der Waals surface area contributed by atoms with Crippen LogP contribution in [0.4, 0.5) is 10.1 Å². The second-order valence-electron chi connectivity index (χ2n) is 5.85. The van der Waals surface area contributed by atoms with Gasteiger partial charge in [-0.05, 0) is 42.9 Å². The summed E-state index contributed by atoms with van der Waals surface area (Å²) in [6.45, 7) is 0. The molecule has 0 heterocycles. The number of rotatable bonds is 3. The van der Waals surface area contributed by atoms with Crippen LogP contribution in [0.1, 0.15) is 25.7 Å². The van der Waals surface area contributed by atoms with Gasteiger partial charge >= 0.3 is 0 Å². The molecule has 2 aliphatic carbocycles. The van der Waals surface area contributed by atoms with Crippen molar-refractivity contribution >= 4 is 21.6 Å². The normalized spacial score (nSPS) is 27.8. The van der Waals surface area contributed by atoms with E-state index in [9.17, 15) is 17.6 Å². The third kappa shape index (κ3) is 2.94. The molecule has 0 bridgehead atoms. The van der Waals surface area contributed by atoms with Crippen LogP contribution >= 0.6 is 0 Å². The Morgan fingerprint density at radius 1 is 1.19 bits per heavy atom. The Labute approximate surface area is 122 Å². The van der Waals surface area contributed by atoms with Crippen LogP contribution in [0.3, 0.4) is 0 Å². The number of carbonyl (C=O) groups excluding carboxylic acids is 1. The van der Waals surface area contributed by atoms with Crippen LogP contribution in [-0.2, 0) is 14.8 Å². The minimum Gasteiger partial charge on any atom is -0.326 e. The number of carbonyl (C=O) groups is 1. The number of halogens is 1. The number of nitrogens with one attached hydrogen (secondary N) is 1. The van der Waals surface area contributed by atoms with E-state index in [2.05, 4.69) is 5.32 Å². The number of sulfonamides is 1. The molecule has 1 aromatic rings. The first-order chi connectivity index (χ1) is 9.86. The molecule has 3 N–H and O–H groups in total. The summed E-state index contributed by atoms with van der Waals surface area (Å²) in [7, 11) is -4.00. The van der Waals surface area contributed by atoms with Gasteiger partial charge in [0, 0.05) is 11.6 Å². The molecule has 21 heavy (non-hydrogen) atoms. The van der Waals surface area contributed by atoms with Crippen molar-refractivity contribution in [3.8, 4) is 0 Å². The van der Waals surface area contributed by atoms with Crippen LogP contribution in [-0.4, -0.2) is 14.3 Å².